The summed E-state index contributed by atoms with van der Waals surface area (Å²) in [5.41, 5.74) is 5.72. The van der Waals surface area contributed by atoms with Gasteiger partial charge in [-0.25, -0.2) is 4.79 Å². The monoisotopic (exact) mass is 228 g/mol. The second-order valence-corrected chi connectivity index (χ2v) is 3.33. The third-order valence-corrected chi connectivity index (χ3v) is 1.73. The highest BCUT2D eigenvalue weighted by atomic mass is 16.4. The summed E-state index contributed by atoms with van der Waals surface area (Å²) in [6.07, 6.45) is 4.21. The second-order valence-electron chi connectivity index (χ2n) is 3.33. The molecular weight excluding hydrogens is 212 g/mol. The number of amides is 1. The fourth-order valence-corrected chi connectivity index (χ4v) is 0.840. The molecule has 90 valence electrons. The van der Waals surface area contributed by atoms with Crippen molar-refractivity contribution in [2.45, 2.75) is 13.0 Å². The van der Waals surface area contributed by atoms with Gasteiger partial charge in [-0.2, -0.15) is 0 Å². The molecule has 0 aliphatic carbocycles. The van der Waals surface area contributed by atoms with Gasteiger partial charge in [0.15, 0.2) is 0 Å². The summed E-state index contributed by atoms with van der Waals surface area (Å²) >= 11 is 0. The van der Waals surface area contributed by atoms with Crippen LogP contribution in [0.25, 0.3) is 0 Å². The molecule has 1 rings (SSSR count). The van der Waals surface area contributed by atoms with Gasteiger partial charge < -0.3 is 20.8 Å². The number of nitrogens with zero attached hydrogens (tertiary/aromatic N) is 1. The van der Waals surface area contributed by atoms with E-state index in [9.17, 15) is 9.59 Å². The number of carbonyl (C=O) groups is 2. The highest BCUT2D eigenvalue weighted by molar-refractivity contribution is 5.92. The molecule has 1 aliphatic heterocycles. The lowest BCUT2D eigenvalue weighted by molar-refractivity contribution is -0.145. The number of allylic oxidation sites excluding steroid dienone is 2. The number of hydrogen-bond acceptors (Lipinski definition) is 4. The molecule has 0 radical (unpaired) electrons. The van der Waals surface area contributed by atoms with Gasteiger partial charge in [0.1, 0.15) is 6.10 Å². The number of likely N-dealkylation sites (N-methyl/N-ethyl adjacent to an activating group) is 1. The molecule has 0 aromatic carbocycles. The number of carbonyl (C=O) groups excluding carboxylic acids is 1. The highest BCUT2D eigenvalue weighted by Crippen LogP contribution is 2.03. The summed E-state index contributed by atoms with van der Waals surface area (Å²) in [5, 5.41) is 15.8. The number of carboxylic acid groups (broad SMARTS) is 1. The first-order valence-corrected chi connectivity index (χ1v) is 4.63. The summed E-state index contributed by atoms with van der Waals surface area (Å²) < 4.78 is 0. The van der Waals surface area contributed by atoms with E-state index in [1.807, 2.05) is 24.2 Å². The Morgan fingerprint density at radius 2 is 2.06 bits per heavy atom. The van der Waals surface area contributed by atoms with E-state index >= 15 is 0 Å². The molecule has 1 heterocycles. The van der Waals surface area contributed by atoms with Crippen LogP contribution in [0.5, 0.6) is 0 Å². The van der Waals surface area contributed by atoms with Gasteiger partial charge in [0.05, 0.1) is 0 Å². The quantitative estimate of drug-likeness (QED) is 0.580. The summed E-state index contributed by atoms with van der Waals surface area (Å²) in [6.45, 7) is 1.81. The maximum Gasteiger partial charge on any atom is 0.332 e. The number of carboxylic acids is 1. The Kier molecular flexibility index (Phi) is 5.87. The van der Waals surface area contributed by atoms with Crippen molar-refractivity contribution in [2.75, 3.05) is 13.6 Å². The minimum Gasteiger partial charge on any atom is -0.479 e. The Hall–Kier alpha value is -1.82. The Bertz CT molecular complexity index is 321. The molecule has 6 nitrogen and oxygen atoms in total. The van der Waals surface area contributed by atoms with Crippen LogP contribution in [0, 0.1) is 0 Å². The lowest BCUT2D eigenvalue weighted by Crippen LogP contribution is -2.25. The smallest absolute Gasteiger partial charge is 0.332 e. The predicted octanol–water partition coefficient (Wildman–Crippen LogP) is -0.691. The zero-order valence-electron chi connectivity index (χ0n) is 9.25. The van der Waals surface area contributed by atoms with Crippen molar-refractivity contribution in [3.63, 3.8) is 0 Å². The number of primary amides is 1. The Labute approximate surface area is 93.7 Å². The van der Waals surface area contributed by atoms with Crippen molar-refractivity contribution >= 4 is 11.9 Å². The summed E-state index contributed by atoms with van der Waals surface area (Å²) in [4.78, 5) is 21.9. The lowest BCUT2D eigenvalue weighted by Gasteiger charge is -2.17. The van der Waals surface area contributed by atoms with E-state index in [0.717, 1.165) is 0 Å². The van der Waals surface area contributed by atoms with Gasteiger partial charge >= 0.3 is 5.97 Å². The number of hydrogen-bond donors (Lipinski definition) is 3. The Balaban J connectivity index is 0.000000325. The molecule has 1 unspecified atom stereocenters. The first-order chi connectivity index (χ1) is 7.34. The average Bonchev–Trinajstić information content (AvgIpc) is 2.18. The van der Waals surface area contributed by atoms with E-state index in [4.69, 9.17) is 15.9 Å². The van der Waals surface area contributed by atoms with E-state index in [1.165, 1.54) is 6.92 Å². The third kappa shape index (κ3) is 5.82. The SMILES string of the molecule is CC(O)C(=O)O.CN1C=CC=C(C(N)=O)C1. The van der Waals surface area contributed by atoms with Gasteiger partial charge in [0, 0.05) is 19.2 Å². The topological polar surface area (TPSA) is 104 Å². The van der Waals surface area contributed by atoms with Gasteiger partial charge in [0.25, 0.3) is 0 Å². The summed E-state index contributed by atoms with van der Waals surface area (Å²) in [7, 11) is 1.90. The molecule has 0 aromatic rings. The number of nitrogens with two attached hydrogens (primary N) is 1. The predicted molar refractivity (Wildman–Crippen MR) is 58.4 cm³/mol. The molecule has 0 saturated heterocycles. The van der Waals surface area contributed by atoms with E-state index in [0.29, 0.717) is 12.1 Å². The molecule has 0 aromatic heterocycles. The van der Waals surface area contributed by atoms with Crippen LogP contribution < -0.4 is 5.73 Å². The number of aliphatic carboxylic acids is 1. The molecule has 6 heteroatoms. The molecule has 0 bridgehead atoms. The largest absolute Gasteiger partial charge is 0.479 e. The minimum absolute atomic E-state index is 0.337. The molecule has 0 spiro atoms. The fraction of sp³-hybridized carbons (Fsp3) is 0.400. The lowest BCUT2D eigenvalue weighted by atomic mass is 10.2. The zero-order valence-corrected chi connectivity index (χ0v) is 9.25. The molecule has 0 fully saturated rings. The third-order valence-electron chi connectivity index (χ3n) is 1.73. The van der Waals surface area contributed by atoms with Gasteiger partial charge in [0.2, 0.25) is 5.91 Å². The van der Waals surface area contributed by atoms with Crippen LogP contribution in [0.3, 0.4) is 0 Å². The van der Waals surface area contributed by atoms with Crippen molar-refractivity contribution in [3.05, 3.63) is 23.9 Å². The number of aliphatic hydroxyl groups is 1. The zero-order chi connectivity index (χ0) is 12.7. The molecule has 0 saturated carbocycles. The molecule has 1 aliphatic rings. The van der Waals surface area contributed by atoms with Crippen molar-refractivity contribution in [2.24, 2.45) is 5.73 Å². The number of aliphatic hydroxyl groups excluding tert-OH is 1. The molecular formula is C10H16N2O4. The van der Waals surface area contributed by atoms with E-state index in [1.54, 1.807) is 6.08 Å². The van der Waals surface area contributed by atoms with Crippen LogP contribution in [0.1, 0.15) is 6.92 Å². The fourth-order valence-electron chi connectivity index (χ4n) is 0.840. The molecule has 1 atom stereocenters. The van der Waals surface area contributed by atoms with Crippen molar-refractivity contribution < 1.29 is 19.8 Å². The highest BCUT2D eigenvalue weighted by Gasteiger charge is 2.07. The average molecular weight is 228 g/mol. The van der Waals surface area contributed by atoms with E-state index in [2.05, 4.69) is 0 Å². The molecule has 4 N–H and O–H groups in total. The normalized spacial score (nSPS) is 15.7. The molecule has 1 amide bonds. The van der Waals surface area contributed by atoms with E-state index < -0.39 is 12.1 Å². The molecule has 16 heavy (non-hydrogen) atoms. The van der Waals surface area contributed by atoms with Gasteiger partial charge in [-0.05, 0) is 19.2 Å². The van der Waals surface area contributed by atoms with Crippen LogP contribution >= 0.6 is 0 Å². The van der Waals surface area contributed by atoms with Crippen LogP contribution in [-0.2, 0) is 9.59 Å². The van der Waals surface area contributed by atoms with Crippen LogP contribution in [0.15, 0.2) is 23.9 Å². The standard InChI is InChI=1S/C7H10N2O.C3H6O3/c1-9-4-2-3-6(5-9)7(8)10;1-2(4)3(5)6/h2-4H,5H2,1H3,(H2,8,10);2,4H,1H3,(H,5,6). The van der Waals surface area contributed by atoms with Crippen LogP contribution in [0.2, 0.25) is 0 Å². The minimum atomic E-state index is -1.23. The van der Waals surface area contributed by atoms with Crippen molar-refractivity contribution in [1.82, 2.24) is 4.90 Å². The van der Waals surface area contributed by atoms with Crippen LogP contribution in [0.4, 0.5) is 0 Å². The summed E-state index contributed by atoms with van der Waals surface area (Å²) in [6, 6.07) is 0. The summed E-state index contributed by atoms with van der Waals surface area (Å²) in [5.74, 6) is -1.52. The first kappa shape index (κ1) is 14.2. The first-order valence-electron chi connectivity index (χ1n) is 4.63. The van der Waals surface area contributed by atoms with Crippen LogP contribution in [-0.4, -0.2) is 46.7 Å². The van der Waals surface area contributed by atoms with E-state index in [-0.39, 0.29) is 5.91 Å². The van der Waals surface area contributed by atoms with Gasteiger partial charge in [-0.15, -0.1) is 0 Å². The van der Waals surface area contributed by atoms with Crippen molar-refractivity contribution in [3.8, 4) is 0 Å². The van der Waals surface area contributed by atoms with Crippen molar-refractivity contribution in [1.29, 1.82) is 0 Å². The Morgan fingerprint density at radius 3 is 2.31 bits per heavy atom. The maximum atomic E-state index is 10.6. The van der Waals surface area contributed by atoms with Gasteiger partial charge in [-0.1, -0.05) is 6.08 Å². The maximum absolute atomic E-state index is 10.6. The Morgan fingerprint density at radius 1 is 1.56 bits per heavy atom. The number of rotatable bonds is 2. The second kappa shape index (κ2) is 6.62. The van der Waals surface area contributed by atoms with Gasteiger partial charge in [-0.3, -0.25) is 4.79 Å².